The van der Waals surface area contributed by atoms with Gasteiger partial charge in [-0.15, -0.1) is 0 Å². The van der Waals surface area contributed by atoms with Gasteiger partial charge in [0.2, 0.25) is 0 Å². The molecule has 0 aromatic rings. The van der Waals surface area contributed by atoms with Crippen LogP contribution in [0.1, 0.15) is 25.7 Å². The van der Waals surface area contributed by atoms with Gasteiger partial charge in [0, 0.05) is 6.61 Å². The Labute approximate surface area is 86.9 Å². The normalized spacial score (nSPS) is 37.5. The Morgan fingerprint density at radius 3 is 3.00 bits per heavy atom. The van der Waals surface area contributed by atoms with E-state index in [-0.39, 0.29) is 12.6 Å². The molecule has 2 fully saturated rings. The number of hydrogen-bond donors (Lipinski definition) is 1. The number of hydrogen-bond acceptors (Lipinski definition) is 4. The first kappa shape index (κ1) is 9.09. The van der Waals surface area contributed by atoms with Crippen molar-refractivity contribution in [2.24, 2.45) is 11.3 Å². The lowest BCUT2D eigenvalue weighted by atomic mass is 9.80. The van der Waals surface area contributed by atoms with E-state index in [1.54, 1.807) is 0 Å². The van der Waals surface area contributed by atoms with E-state index < -0.39 is 11.4 Å². The molecule has 80 valence electrons. The van der Waals surface area contributed by atoms with E-state index in [0.717, 1.165) is 24.8 Å². The third-order valence-electron chi connectivity index (χ3n) is 3.97. The second-order valence-electron chi connectivity index (χ2n) is 4.57. The summed E-state index contributed by atoms with van der Waals surface area (Å²) >= 11 is 0. The number of carbonyl (C=O) groups excluding carboxylic acids is 2. The van der Waals surface area contributed by atoms with Crippen molar-refractivity contribution in [3.8, 4) is 0 Å². The molecule has 0 aromatic heterocycles. The summed E-state index contributed by atoms with van der Waals surface area (Å²) < 4.78 is 4.71. The molecule has 1 saturated heterocycles. The summed E-state index contributed by atoms with van der Waals surface area (Å²) in [5.41, 5.74) is 0.934. The van der Waals surface area contributed by atoms with Gasteiger partial charge in [0.1, 0.15) is 5.41 Å². The predicted octanol–water partition coefficient (Wildman–Crippen LogP) is 0.549. The van der Waals surface area contributed by atoms with Crippen LogP contribution in [0.3, 0.4) is 0 Å². The molecule has 3 rings (SSSR count). The lowest BCUT2D eigenvalue weighted by Crippen LogP contribution is -2.23. The first-order valence-electron chi connectivity index (χ1n) is 5.30. The first-order valence-corrected chi connectivity index (χ1v) is 5.30. The van der Waals surface area contributed by atoms with E-state index >= 15 is 0 Å². The van der Waals surface area contributed by atoms with Gasteiger partial charge in [0.15, 0.2) is 0 Å². The lowest BCUT2D eigenvalue weighted by Gasteiger charge is -2.18. The van der Waals surface area contributed by atoms with Gasteiger partial charge in [-0.05, 0) is 31.6 Å². The van der Waals surface area contributed by atoms with Crippen molar-refractivity contribution in [1.82, 2.24) is 0 Å². The van der Waals surface area contributed by atoms with E-state index in [1.807, 2.05) is 0 Å². The molecule has 2 bridgehead atoms. The van der Waals surface area contributed by atoms with Crippen molar-refractivity contribution in [3.63, 3.8) is 0 Å². The number of cyclic esters (lactones) is 2. The molecule has 4 heteroatoms. The number of esters is 2. The van der Waals surface area contributed by atoms with E-state index in [0.29, 0.717) is 17.9 Å². The summed E-state index contributed by atoms with van der Waals surface area (Å²) in [7, 11) is 0. The number of aliphatic hydroxyl groups excluding tert-OH is 1. The molecule has 4 nitrogen and oxygen atoms in total. The summed E-state index contributed by atoms with van der Waals surface area (Å²) in [5, 5.41) is 8.95. The number of rotatable bonds is 2. The zero-order chi connectivity index (χ0) is 10.6. The Balaban J connectivity index is 2.14. The summed E-state index contributed by atoms with van der Waals surface area (Å²) in [6.07, 6.45) is 2.92. The van der Waals surface area contributed by atoms with Gasteiger partial charge >= 0.3 is 11.9 Å². The zero-order valence-corrected chi connectivity index (χ0v) is 8.28. The van der Waals surface area contributed by atoms with Crippen molar-refractivity contribution in [1.29, 1.82) is 0 Å². The number of fused-ring (bicyclic) bond motifs is 1. The highest BCUT2D eigenvalue weighted by molar-refractivity contribution is 6.11. The Morgan fingerprint density at radius 2 is 2.27 bits per heavy atom. The highest BCUT2D eigenvalue weighted by atomic mass is 16.6. The van der Waals surface area contributed by atoms with Crippen LogP contribution in [0.5, 0.6) is 0 Å². The van der Waals surface area contributed by atoms with Crippen LogP contribution in [0.25, 0.3) is 0 Å². The minimum Gasteiger partial charge on any atom is -0.396 e. The molecule has 0 radical (unpaired) electrons. The SMILES string of the molecule is O=C1OC(=O)C23CCC(C2)C(CCO)=C13. The van der Waals surface area contributed by atoms with Crippen LogP contribution in [-0.4, -0.2) is 23.7 Å². The summed E-state index contributed by atoms with van der Waals surface area (Å²) in [6, 6.07) is 0. The minimum absolute atomic E-state index is 0.0346. The second-order valence-corrected chi connectivity index (χ2v) is 4.57. The Hall–Kier alpha value is -1.16. The van der Waals surface area contributed by atoms with Gasteiger partial charge in [0.05, 0.1) is 5.57 Å². The topological polar surface area (TPSA) is 63.6 Å². The molecule has 1 aliphatic heterocycles. The highest BCUT2D eigenvalue weighted by Gasteiger charge is 2.63. The fourth-order valence-electron chi connectivity index (χ4n) is 3.38. The summed E-state index contributed by atoms with van der Waals surface area (Å²) in [6.45, 7) is 0.0346. The van der Waals surface area contributed by atoms with E-state index in [4.69, 9.17) is 9.84 Å². The predicted molar refractivity (Wildman–Crippen MR) is 49.6 cm³/mol. The van der Waals surface area contributed by atoms with Gasteiger partial charge in [-0.3, -0.25) is 4.79 Å². The highest BCUT2D eigenvalue weighted by Crippen LogP contribution is 2.61. The van der Waals surface area contributed by atoms with Crippen LogP contribution < -0.4 is 0 Å². The van der Waals surface area contributed by atoms with Gasteiger partial charge in [0.25, 0.3) is 0 Å². The molecule has 2 atom stereocenters. The van der Waals surface area contributed by atoms with Crippen molar-refractivity contribution in [2.75, 3.05) is 6.61 Å². The molecular formula is C11H12O4. The molecule has 1 spiro atoms. The third-order valence-corrected chi connectivity index (χ3v) is 3.97. The molecule has 2 aliphatic carbocycles. The molecular weight excluding hydrogens is 196 g/mol. The largest absolute Gasteiger partial charge is 0.396 e. The monoisotopic (exact) mass is 208 g/mol. The molecule has 1 saturated carbocycles. The van der Waals surface area contributed by atoms with E-state index in [9.17, 15) is 9.59 Å². The average Bonchev–Trinajstić information content (AvgIpc) is 2.80. The van der Waals surface area contributed by atoms with Crippen molar-refractivity contribution < 1.29 is 19.4 Å². The third kappa shape index (κ3) is 0.905. The Morgan fingerprint density at radius 1 is 1.47 bits per heavy atom. The quantitative estimate of drug-likeness (QED) is 0.531. The van der Waals surface area contributed by atoms with Crippen LogP contribution in [-0.2, 0) is 14.3 Å². The number of aliphatic hydroxyl groups is 1. The fourth-order valence-corrected chi connectivity index (χ4v) is 3.38. The molecule has 0 aromatic carbocycles. The molecule has 1 N–H and O–H groups in total. The van der Waals surface area contributed by atoms with Gasteiger partial charge < -0.3 is 9.84 Å². The molecule has 0 amide bonds. The maximum atomic E-state index is 11.7. The minimum atomic E-state index is -0.619. The van der Waals surface area contributed by atoms with Crippen LogP contribution in [0.15, 0.2) is 11.1 Å². The lowest BCUT2D eigenvalue weighted by molar-refractivity contribution is -0.155. The molecule has 3 aliphatic rings. The van der Waals surface area contributed by atoms with Crippen LogP contribution in [0.4, 0.5) is 0 Å². The fraction of sp³-hybridized carbons (Fsp3) is 0.636. The van der Waals surface area contributed by atoms with Crippen LogP contribution in [0.2, 0.25) is 0 Å². The van der Waals surface area contributed by atoms with Gasteiger partial charge in [-0.2, -0.15) is 0 Å². The smallest absolute Gasteiger partial charge is 0.342 e. The van der Waals surface area contributed by atoms with Crippen molar-refractivity contribution in [3.05, 3.63) is 11.1 Å². The standard InChI is InChI=1S/C11H12O4/c12-4-2-7-6-1-3-11(5-6)8(7)9(13)15-10(11)14/h6,12H,1-5H2. The Bertz CT molecular complexity index is 395. The molecule has 15 heavy (non-hydrogen) atoms. The molecule has 2 unspecified atom stereocenters. The van der Waals surface area contributed by atoms with E-state index in [1.165, 1.54) is 0 Å². The molecule has 1 heterocycles. The average molecular weight is 208 g/mol. The Kier molecular flexibility index (Phi) is 1.63. The maximum Gasteiger partial charge on any atom is 0.342 e. The number of ether oxygens (including phenoxy) is 1. The van der Waals surface area contributed by atoms with Crippen molar-refractivity contribution in [2.45, 2.75) is 25.7 Å². The first-order chi connectivity index (χ1) is 7.19. The summed E-state index contributed by atoms with van der Waals surface area (Å²) in [5.74, 6) is -0.507. The van der Waals surface area contributed by atoms with Gasteiger partial charge in [-0.25, -0.2) is 4.79 Å². The number of carbonyl (C=O) groups is 2. The van der Waals surface area contributed by atoms with Gasteiger partial charge in [-0.1, -0.05) is 5.57 Å². The zero-order valence-electron chi connectivity index (χ0n) is 8.28. The van der Waals surface area contributed by atoms with Crippen molar-refractivity contribution >= 4 is 11.9 Å². The summed E-state index contributed by atoms with van der Waals surface area (Å²) in [4.78, 5) is 23.2. The van der Waals surface area contributed by atoms with Crippen LogP contribution >= 0.6 is 0 Å². The van der Waals surface area contributed by atoms with Crippen LogP contribution in [0, 0.1) is 11.3 Å². The van der Waals surface area contributed by atoms with E-state index in [2.05, 4.69) is 0 Å². The second kappa shape index (κ2) is 2.70. The maximum absolute atomic E-state index is 11.7.